The summed E-state index contributed by atoms with van der Waals surface area (Å²) in [6, 6.07) is 8.27. The zero-order chi connectivity index (χ0) is 13.2. The summed E-state index contributed by atoms with van der Waals surface area (Å²) in [7, 11) is 1.59. The highest BCUT2D eigenvalue weighted by molar-refractivity contribution is 7.99. The molecule has 5 heteroatoms. The van der Waals surface area contributed by atoms with Crippen LogP contribution in [0.3, 0.4) is 0 Å². The van der Waals surface area contributed by atoms with Gasteiger partial charge in [0.2, 0.25) is 0 Å². The van der Waals surface area contributed by atoms with Gasteiger partial charge in [-0.15, -0.1) is 11.8 Å². The zero-order valence-corrected chi connectivity index (χ0v) is 11.6. The van der Waals surface area contributed by atoms with Crippen molar-refractivity contribution in [3.63, 3.8) is 0 Å². The summed E-state index contributed by atoms with van der Waals surface area (Å²) in [5.41, 5.74) is 4.84. The number of ether oxygens (including phenoxy) is 1. The van der Waals surface area contributed by atoms with Gasteiger partial charge in [-0.2, -0.15) is 0 Å². The fourth-order valence-corrected chi connectivity index (χ4v) is 2.11. The van der Waals surface area contributed by atoms with Crippen molar-refractivity contribution in [2.45, 2.75) is 12.7 Å². The smallest absolute Gasteiger partial charge is 0.253 e. The number of nitrogens with one attached hydrogen (secondary N) is 1. The number of aryl methyl sites for hydroxylation is 1. The van der Waals surface area contributed by atoms with Crippen LogP contribution in [0.1, 0.15) is 11.1 Å². The third kappa shape index (κ3) is 6.64. The van der Waals surface area contributed by atoms with Crippen molar-refractivity contribution < 1.29 is 14.4 Å². The standard InChI is InChI=1S/C13H19NO3S/c1-11-4-3-5-12(8-11)9-18-10-13(15)14-17-7-6-16-2/h3-5,8H,6-7,9-10H2,1-2H3,(H,14,15). The van der Waals surface area contributed by atoms with Crippen molar-refractivity contribution in [2.75, 3.05) is 26.1 Å². The quantitative estimate of drug-likeness (QED) is 0.578. The molecule has 0 aromatic heterocycles. The number of hydrogen-bond acceptors (Lipinski definition) is 4. The minimum absolute atomic E-state index is 0.122. The number of thioether (sulfide) groups is 1. The Morgan fingerprint density at radius 2 is 2.22 bits per heavy atom. The Bertz CT molecular complexity index is 371. The molecular weight excluding hydrogens is 250 g/mol. The van der Waals surface area contributed by atoms with E-state index >= 15 is 0 Å². The molecule has 0 fully saturated rings. The normalized spacial score (nSPS) is 10.3. The first-order valence-electron chi connectivity index (χ1n) is 5.75. The molecule has 1 amide bonds. The zero-order valence-electron chi connectivity index (χ0n) is 10.8. The molecule has 1 rings (SSSR count). The lowest BCUT2D eigenvalue weighted by atomic mass is 10.2. The second-order valence-electron chi connectivity index (χ2n) is 3.85. The number of hydroxylamine groups is 1. The van der Waals surface area contributed by atoms with Crippen LogP contribution < -0.4 is 5.48 Å². The third-order valence-corrected chi connectivity index (χ3v) is 3.16. The lowest BCUT2D eigenvalue weighted by Crippen LogP contribution is -2.27. The summed E-state index contributed by atoms with van der Waals surface area (Å²) in [5.74, 6) is 1.09. The molecule has 0 aliphatic rings. The second kappa shape index (κ2) is 8.97. The maximum absolute atomic E-state index is 11.4. The molecule has 0 heterocycles. The van der Waals surface area contributed by atoms with E-state index in [2.05, 4.69) is 30.6 Å². The molecule has 0 atom stereocenters. The second-order valence-corrected chi connectivity index (χ2v) is 4.83. The Morgan fingerprint density at radius 1 is 1.39 bits per heavy atom. The monoisotopic (exact) mass is 269 g/mol. The van der Waals surface area contributed by atoms with Gasteiger partial charge in [0.15, 0.2) is 0 Å². The fourth-order valence-electron chi connectivity index (χ4n) is 1.35. The van der Waals surface area contributed by atoms with Crippen LogP contribution in [0.25, 0.3) is 0 Å². The first-order chi connectivity index (χ1) is 8.72. The first-order valence-corrected chi connectivity index (χ1v) is 6.90. The van der Waals surface area contributed by atoms with E-state index in [0.717, 1.165) is 5.75 Å². The maximum Gasteiger partial charge on any atom is 0.253 e. The fraction of sp³-hybridized carbons (Fsp3) is 0.462. The van der Waals surface area contributed by atoms with Crippen LogP contribution in [0.5, 0.6) is 0 Å². The number of hydrogen-bond donors (Lipinski definition) is 1. The summed E-state index contributed by atoms with van der Waals surface area (Å²) in [5, 5.41) is 0. The lowest BCUT2D eigenvalue weighted by molar-refractivity contribution is -0.131. The van der Waals surface area contributed by atoms with E-state index in [9.17, 15) is 4.79 Å². The van der Waals surface area contributed by atoms with Crippen LogP contribution in [0.2, 0.25) is 0 Å². The molecular formula is C13H19NO3S. The SMILES string of the molecule is COCCONC(=O)CSCc1cccc(C)c1. The van der Waals surface area contributed by atoms with Crippen molar-refractivity contribution in [1.29, 1.82) is 0 Å². The van der Waals surface area contributed by atoms with Crippen LogP contribution in [0.15, 0.2) is 24.3 Å². The Balaban J connectivity index is 2.12. The predicted octanol–water partition coefficient (Wildman–Crippen LogP) is 1.92. The molecule has 1 aromatic carbocycles. The van der Waals surface area contributed by atoms with Gasteiger partial charge in [-0.3, -0.25) is 9.63 Å². The van der Waals surface area contributed by atoms with Crippen molar-refractivity contribution in [3.05, 3.63) is 35.4 Å². The number of amides is 1. The van der Waals surface area contributed by atoms with E-state index < -0.39 is 0 Å². The minimum atomic E-state index is -0.122. The van der Waals surface area contributed by atoms with E-state index in [-0.39, 0.29) is 5.91 Å². The maximum atomic E-state index is 11.4. The Labute approximate surface area is 112 Å². The van der Waals surface area contributed by atoms with Crippen molar-refractivity contribution >= 4 is 17.7 Å². The van der Waals surface area contributed by atoms with E-state index in [4.69, 9.17) is 9.57 Å². The summed E-state index contributed by atoms with van der Waals surface area (Å²) >= 11 is 1.56. The van der Waals surface area contributed by atoms with Gasteiger partial charge in [0.05, 0.1) is 19.0 Å². The van der Waals surface area contributed by atoms with E-state index in [1.807, 2.05) is 6.07 Å². The average molecular weight is 269 g/mol. The number of methoxy groups -OCH3 is 1. The first kappa shape index (κ1) is 15.0. The molecule has 18 heavy (non-hydrogen) atoms. The van der Waals surface area contributed by atoms with Crippen LogP contribution in [0.4, 0.5) is 0 Å². The lowest BCUT2D eigenvalue weighted by Gasteiger charge is -2.05. The topological polar surface area (TPSA) is 47.6 Å². The minimum Gasteiger partial charge on any atom is -0.382 e. The molecule has 0 aliphatic heterocycles. The molecule has 4 nitrogen and oxygen atoms in total. The molecule has 0 spiro atoms. The van der Waals surface area contributed by atoms with Crippen LogP contribution >= 0.6 is 11.8 Å². The van der Waals surface area contributed by atoms with Crippen molar-refractivity contribution in [2.24, 2.45) is 0 Å². The van der Waals surface area contributed by atoms with Gasteiger partial charge in [-0.05, 0) is 12.5 Å². The number of carbonyl (C=O) groups is 1. The summed E-state index contributed by atoms with van der Waals surface area (Å²) in [6.07, 6.45) is 0. The van der Waals surface area contributed by atoms with Crippen LogP contribution in [0, 0.1) is 6.92 Å². The molecule has 0 radical (unpaired) electrons. The van der Waals surface area contributed by atoms with Gasteiger partial charge >= 0.3 is 0 Å². The molecule has 1 aromatic rings. The van der Waals surface area contributed by atoms with Crippen molar-refractivity contribution in [3.8, 4) is 0 Å². The van der Waals surface area contributed by atoms with Crippen LogP contribution in [-0.4, -0.2) is 32.0 Å². The van der Waals surface area contributed by atoms with Gasteiger partial charge in [-0.25, -0.2) is 5.48 Å². The Kier molecular flexibility index (Phi) is 7.48. The Morgan fingerprint density at radius 3 is 2.94 bits per heavy atom. The van der Waals surface area contributed by atoms with E-state index in [1.54, 1.807) is 18.9 Å². The molecule has 1 N–H and O–H groups in total. The molecule has 0 saturated heterocycles. The van der Waals surface area contributed by atoms with Gasteiger partial charge in [-0.1, -0.05) is 29.8 Å². The molecule has 100 valence electrons. The van der Waals surface area contributed by atoms with Gasteiger partial charge in [0.1, 0.15) is 0 Å². The largest absolute Gasteiger partial charge is 0.382 e. The van der Waals surface area contributed by atoms with E-state index in [0.29, 0.717) is 19.0 Å². The Hall–Kier alpha value is -1.04. The summed E-state index contributed by atoms with van der Waals surface area (Å²) in [6.45, 7) is 2.89. The number of benzene rings is 1. The highest BCUT2D eigenvalue weighted by Gasteiger charge is 2.02. The molecule has 0 bridgehead atoms. The molecule has 0 aliphatic carbocycles. The molecule has 0 saturated carbocycles. The summed E-state index contributed by atoms with van der Waals surface area (Å²) < 4.78 is 4.79. The molecule has 0 unspecified atom stereocenters. The predicted molar refractivity (Wildman–Crippen MR) is 73.3 cm³/mol. The average Bonchev–Trinajstić information content (AvgIpc) is 2.35. The highest BCUT2D eigenvalue weighted by Crippen LogP contribution is 2.13. The van der Waals surface area contributed by atoms with E-state index in [1.165, 1.54) is 11.1 Å². The van der Waals surface area contributed by atoms with Gasteiger partial charge in [0, 0.05) is 12.9 Å². The number of carbonyl (C=O) groups excluding carboxylic acids is 1. The third-order valence-electron chi connectivity index (χ3n) is 2.16. The van der Waals surface area contributed by atoms with Crippen LogP contribution in [-0.2, 0) is 20.1 Å². The summed E-state index contributed by atoms with van der Waals surface area (Å²) in [4.78, 5) is 16.3. The van der Waals surface area contributed by atoms with Crippen molar-refractivity contribution in [1.82, 2.24) is 5.48 Å². The van der Waals surface area contributed by atoms with Gasteiger partial charge in [0.25, 0.3) is 5.91 Å². The van der Waals surface area contributed by atoms with Gasteiger partial charge < -0.3 is 4.74 Å². The highest BCUT2D eigenvalue weighted by atomic mass is 32.2. The number of rotatable bonds is 8.